The minimum Gasteiger partial charge on any atom is -0.386 e. The molecule has 1 fully saturated rings. The van der Waals surface area contributed by atoms with Gasteiger partial charge in [-0.3, -0.25) is 4.79 Å². The van der Waals surface area contributed by atoms with Crippen LogP contribution in [0.25, 0.3) is 0 Å². The lowest BCUT2D eigenvalue weighted by Gasteiger charge is -2.29. The highest BCUT2D eigenvalue weighted by Crippen LogP contribution is 2.40. The molecular formula is C19H21NO3. The molecule has 1 aliphatic rings. The van der Waals surface area contributed by atoms with E-state index in [1.165, 1.54) is 0 Å². The summed E-state index contributed by atoms with van der Waals surface area (Å²) in [5, 5.41) is 10.5. The maximum absolute atomic E-state index is 12.6. The fraction of sp³-hybridized carbons (Fsp3) is 0.316. The third kappa shape index (κ3) is 3.28. The number of rotatable bonds is 5. The largest absolute Gasteiger partial charge is 0.386 e. The SMILES string of the molecule is C[C@@H]([C@@H](O)c1ccccc1)N(C)C(=O)[C@H]1O[C@@H]1c1ccccc1. The Bertz CT molecular complexity index is 659. The van der Waals surface area contributed by atoms with Crippen LogP contribution in [-0.2, 0) is 9.53 Å². The molecule has 2 aromatic carbocycles. The zero-order chi connectivity index (χ0) is 16.4. The Morgan fingerprint density at radius 1 is 1.09 bits per heavy atom. The zero-order valence-electron chi connectivity index (χ0n) is 13.3. The average molecular weight is 311 g/mol. The molecule has 1 heterocycles. The van der Waals surface area contributed by atoms with Gasteiger partial charge in [-0.05, 0) is 18.1 Å². The van der Waals surface area contributed by atoms with Crippen LogP contribution in [0.15, 0.2) is 60.7 Å². The zero-order valence-corrected chi connectivity index (χ0v) is 13.3. The summed E-state index contributed by atoms with van der Waals surface area (Å²) in [5.41, 5.74) is 1.81. The van der Waals surface area contributed by atoms with E-state index in [9.17, 15) is 9.90 Å². The number of amides is 1. The summed E-state index contributed by atoms with van der Waals surface area (Å²) in [4.78, 5) is 14.1. The van der Waals surface area contributed by atoms with Crippen LogP contribution in [0.5, 0.6) is 0 Å². The number of aliphatic hydroxyl groups is 1. The Balaban J connectivity index is 1.64. The Morgan fingerprint density at radius 3 is 2.26 bits per heavy atom. The molecule has 4 nitrogen and oxygen atoms in total. The Hall–Kier alpha value is -2.17. The second-order valence-electron chi connectivity index (χ2n) is 5.93. The molecule has 1 amide bonds. The molecule has 1 saturated heterocycles. The summed E-state index contributed by atoms with van der Waals surface area (Å²) < 4.78 is 5.55. The van der Waals surface area contributed by atoms with Gasteiger partial charge in [0.1, 0.15) is 6.10 Å². The minimum atomic E-state index is -0.723. The average Bonchev–Trinajstić information content (AvgIpc) is 3.41. The molecule has 23 heavy (non-hydrogen) atoms. The van der Waals surface area contributed by atoms with Crippen molar-refractivity contribution in [3.05, 3.63) is 71.8 Å². The van der Waals surface area contributed by atoms with Crippen LogP contribution in [0, 0.1) is 0 Å². The lowest BCUT2D eigenvalue weighted by Crippen LogP contribution is -2.41. The predicted molar refractivity (Wildman–Crippen MR) is 87.7 cm³/mol. The first-order valence-corrected chi connectivity index (χ1v) is 7.79. The molecule has 0 spiro atoms. The van der Waals surface area contributed by atoms with Gasteiger partial charge in [0.25, 0.3) is 5.91 Å². The van der Waals surface area contributed by atoms with Crippen LogP contribution >= 0.6 is 0 Å². The van der Waals surface area contributed by atoms with Crippen molar-refractivity contribution in [2.75, 3.05) is 7.05 Å². The molecule has 4 heteroatoms. The van der Waals surface area contributed by atoms with E-state index in [1.54, 1.807) is 11.9 Å². The molecular weight excluding hydrogens is 290 g/mol. The van der Waals surface area contributed by atoms with Gasteiger partial charge in [0.15, 0.2) is 6.10 Å². The highest BCUT2D eigenvalue weighted by atomic mass is 16.6. The number of aliphatic hydroxyl groups excluding tert-OH is 1. The Morgan fingerprint density at radius 2 is 1.65 bits per heavy atom. The number of benzene rings is 2. The van der Waals surface area contributed by atoms with E-state index in [2.05, 4.69) is 0 Å². The maximum Gasteiger partial charge on any atom is 0.254 e. The highest BCUT2D eigenvalue weighted by molar-refractivity contribution is 5.84. The quantitative estimate of drug-likeness (QED) is 0.864. The number of carbonyl (C=O) groups excluding carboxylic acids is 1. The number of nitrogens with zero attached hydrogens (tertiary/aromatic N) is 1. The normalized spacial score (nSPS) is 22.2. The summed E-state index contributed by atoms with van der Waals surface area (Å²) in [7, 11) is 1.71. The Labute approximate surface area is 136 Å². The van der Waals surface area contributed by atoms with Crippen molar-refractivity contribution < 1.29 is 14.6 Å². The fourth-order valence-corrected chi connectivity index (χ4v) is 2.74. The molecule has 4 atom stereocenters. The van der Waals surface area contributed by atoms with E-state index in [1.807, 2.05) is 67.6 Å². The van der Waals surface area contributed by atoms with Crippen molar-refractivity contribution >= 4 is 5.91 Å². The van der Waals surface area contributed by atoms with Crippen molar-refractivity contribution in [2.24, 2.45) is 0 Å². The molecule has 0 radical (unpaired) electrons. The Kier molecular flexibility index (Phi) is 4.46. The molecule has 0 bridgehead atoms. The van der Waals surface area contributed by atoms with Crippen LogP contribution < -0.4 is 0 Å². The molecule has 0 saturated carbocycles. The van der Waals surface area contributed by atoms with Crippen molar-refractivity contribution in [2.45, 2.75) is 31.3 Å². The van der Waals surface area contributed by atoms with Gasteiger partial charge < -0.3 is 14.7 Å². The van der Waals surface area contributed by atoms with Gasteiger partial charge >= 0.3 is 0 Å². The van der Waals surface area contributed by atoms with Crippen molar-refractivity contribution in [3.8, 4) is 0 Å². The summed E-state index contributed by atoms with van der Waals surface area (Å²) in [5.74, 6) is -0.0960. The first-order valence-electron chi connectivity index (χ1n) is 7.79. The molecule has 0 aromatic heterocycles. The van der Waals surface area contributed by atoms with Gasteiger partial charge in [0.2, 0.25) is 0 Å². The lowest BCUT2D eigenvalue weighted by molar-refractivity contribution is -0.135. The number of carbonyl (C=O) groups is 1. The molecule has 2 aromatic rings. The highest BCUT2D eigenvalue weighted by Gasteiger charge is 2.48. The van der Waals surface area contributed by atoms with Gasteiger partial charge in [-0.25, -0.2) is 0 Å². The van der Waals surface area contributed by atoms with Crippen LogP contribution in [-0.4, -0.2) is 35.1 Å². The van der Waals surface area contributed by atoms with E-state index in [-0.39, 0.29) is 18.1 Å². The molecule has 120 valence electrons. The third-order valence-corrected chi connectivity index (χ3v) is 4.42. The minimum absolute atomic E-state index is 0.0960. The number of epoxide rings is 1. The number of hydrogen-bond donors (Lipinski definition) is 1. The van der Waals surface area contributed by atoms with Gasteiger partial charge in [0, 0.05) is 7.05 Å². The number of ether oxygens (including phenoxy) is 1. The van der Waals surface area contributed by atoms with Crippen LogP contribution in [0.3, 0.4) is 0 Å². The molecule has 1 N–H and O–H groups in total. The van der Waals surface area contributed by atoms with Gasteiger partial charge in [-0.1, -0.05) is 60.7 Å². The molecule has 1 aliphatic heterocycles. The molecule has 0 aliphatic carbocycles. The van der Waals surface area contributed by atoms with Crippen LogP contribution in [0.2, 0.25) is 0 Å². The lowest BCUT2D eigenvalue weighted by atomic mass is 10.0. The van der Waals surface area contributed by atoms with Crippen molar-refractivity contribution in [1.82, 2.24) is 4.90 Å². The first-order chi connectivity index (χ1) is 11.1. The van der Waals surface area contributed by atoms with Crippen LogP contribution in [0.4, 0.5) is 0 Å². The number of hydrogen-bond acceptors (Lipinski definition) is 3. The second kappa shape index (κ2) is 6.52. The fourth-order valence-electron chi connectivity index (χ4n) is 2.74. The summed E-state index contributed by atoms with van der Waals surface area (Å²) in [6.07, 6.45) is -1.35. The van der Waals surface area contributed by atoms with Gasteiger partial charge in [-0.15, -0.1) is 0 Å². The van der Waals surface area contributed by atoms with Gasteiger partial charge in [-0.2, -0.15) is 0 Å². The van der Waals surface area contributed by atoms with E-state index < -0.39 is 12.2 Å². The molecule has 3 rings (SSSR count). The standard InChI is InChI=1S/C19H21NO3/c1-13(16(21)14-9-5-3-6-10-14)20(2)19(22)18-17(23-18)15-11-7-4-8-12-15/h3-13,16-18,21H,1-2H3/t13-,16+,17+,18-/m0/s1. The first kappa shape index (κ1) is 15.7. The van der Waals surface area contributed by atoms with Crippen LogP contribution in [0.1, 0.15) is 30.3 Å². The van der Waals surface area contributed by atoms with E-state index >= 15 is 0 Å². The maximum atomic E-state index is 12.6. The number of likely N-dealkylation sites (N-methyl/N-ethyl adjacent to an activating group) is 1. The van der Waals surface area contributed by atoms with E-state index in [0.717, 1.165) is 11.1 Å². The smallest absolute Gasteiger partial charge is 0.254 e. The van der Waals surface area contributed by atoms with Crippen molar-refractivity contribution in [3.63, 3.8) is 0 Å². The second-order valence-corrected chi connectivity index (χ2v) is 5.93. The van der Waals surface area contributed by atoms with E-state index in [0.29, 0.717) is 0 Å². The predicted octanol–water partition coefficient (Wildman–Crippen LogP) is 2.71. The van der Waals surface area contributed by atoms with Gasteiger partial charge in [0.05, 0.1) is 12.1 Å². The molecule has 0 unspecified atom stereocenters. The topological polar surface area (TPSA) is 53.1 Å². The summed E-state index contributed by atoms with van der Waals surface area (Å²) >= 11 is 0. The third-order valence-electron chi connectivity index (χ3n) is 4.42. The summed E-state index contributed by atoms with van der Waals surface area (Å²) in [6, 6.07) is 18.8. The summed E-state index contributed by atoms with van der Waals surface area (Å²) in [6.45, 7) is 1.84. The van der Waals surface area contributed by atoms with Crippen molar-refractivity contribution in [1.29, 1.82) is 0 Å². The van der Waals surface area contributed by atoms with E-state index in [4.69, 9.17) is 4.74 Å². The monoisotopic (exact) mass is 311 g/mol.